The van der Waals surface area contributed by atoms with Gasteiger partial charge in [0.05, 0.1) is 0 Å². The van der Waals surface area contributed by atoms with Gasteiger partial charge in [-0.3, -0.25) is 4.79 Å². The third-order valence-electron chi connectivity index (χ3n) is 2.28. The lowest BCUT2D eigenvalue weighted by molar-refractivity contribution is -0.139. The predicted octanol–water partition coefficient (Wildman–Crippen LogP) is 0.848. The van der Waals surface area contributed by atoms with Gasteiger partial charge in [-0.25, -0.2) is 0 Å². The Hall–Kier alpha value is -0.570. The summed E-state index contributed by atoms with van der Waals surface area (Å²) in [6.45, 7) is 4.23. The van der Waals surface area contributed by atoms with Crippen LogP contribution in [0.25, 0.3) is 0 Å². The summed E-state index contributed by atoms with van der Waals surface area (Å²) in [6.07, 6.45) is 1.77. The van der Waals surface area contributed by atoms with Crippen LogP contribution in [-0.4, -0.2) is 23.2 Å². The largest absolute Gasteiger partial charge is 0.480 e. The number of carbonyl (C=O) groups is 1. The first-order chi connectivity index (χ1) is 5.11. The Morgan fingerprint density at radius 1 is 1.55 bits per heavy atom. The van der Waals surface area contributed by atoms with Gasteiger partial charge < -0.3 is 10.4 Å². The zero-order valence-electron chi connectivity index (χ0n) is 7.00. The maximum atomic E-state index is 10.5. The summed E-state index contributed by atoms with van der Waals surface area (Å²) >= 11 is 0. The summed E-state index contributed by atoms with van der Waals surface area (Å²) in [4.78, 5) is 10.5. The lowest BCUT2D eigenvalue weighted by Gasteiger charge is -2.14. The van der Waals surface area contributed by atoms with E-state index >= 15 is 0 Å². The van der Waals surface area contributed by atoms with Gasteiger partial charge in [0.15, 0.2) is 0 Å². The number of carboxylic acids is 1. The van der Waals surface area contributed by atoms with E-state index in [0.29, 0.717) is 12.0 Å². The molecule has 1 aliphatic heterocycles. The number of carboxylic acid groups (broad SMARTS) is 1. The van der Waals surface area contributed by atoms with Crippen molar-refractivity contribution in [3.63, 3.8) is 0 Å². The van der Waals surface area contributed by atoms with E-state index in [1.807, 2.05) is 0 Å². The molecular weight excluding hydrogens is 142 g/mol. The Labute approximate surface area is 66.8 Å². The van der Waals surface area contributed by atoms with Gasteiger partial charge in [0.1, 0.15) is 6.04 Å². The van der Waals surface area contributed by atoms with E-state index in [-0.39, 0.29) is 6.04 Å². The smallest absolute Gasteiger partial charge is 0.320 e. The predicted molar refractivity (Wildman–Crippen MR) is 42.4 cm³/mol. The fraction of sp³-hybridized carbons (Fsp3) is 0.875. The van der Waals surface area contributed by atoms with Crippen LogP contribution in [0, 0.1) is 5.92 Å². The van der Waals surface area contributed by atoms with Crippen molar-refractivity contribution in [2.24, 2.45) is 5.92 Å². The second-order valence-electron chi connectivity index (χ2n) is 3.49. The van der Waals surface area contributed by atoms with Crippen molar-refractivity contribution in [2.45, 2.75) is 38.8 Å². The highest BCUT2D eigenvalue weighted by Gasteiger charge is 2.29. The van der Waals surface area contributed by atoms with Crippen molar-refractivity contribution in [3.05, 3.63) is 0 Å². The van der Waals surface area contributed by atoms with Gasteiger partial charge in [0.2, 0.25) is 0 Å². The Kier molecular flexibility index (Phi) is 2.49. The molecule has 0 aromatic carbocycles. The van der Waals surface area contributed by atoms with Gasteiger partial charge in [0.25, 0.3) is 0 Å². The quantitative estimate of drug-likeness (QED) is 0.624. The topological polar surface area (TPSA) is 49.3 Å². The van der Waals surface area contributed by atoms with Crippen molar-refractivity contribution in [3.8, 4) is 0 Å². The zero-order chi connectivity index (χ0) is 8.43. The average Bonchev–Trinajstić information content (AvgIpc) is 2.33. The standard InChI is InChI=1S/C8H15NO2/c1-5(2)6-3-4-7(9-6)8(10)11/h5-7,9H,3-4H2,1-2H3,(H,10,11)/t6-,7-/m0/s1. The Morgan fingerprint density at radius 2 is 2.18 bits per heavy atom. The molecule has 1 fully saturated rings. The Morgan fingerprint density at radius 3 is 2.45 bits per heavy atom. The normalized spacial score (nSPS) is 31.2. The Bertz CT molecular complexity index is 156. The maximum Gasteiger partial charge on any atom is 0.320 e. The van der Waals surface area contributed by atoms with Crippen LogP contribution in [0.15, 0.2) is 0 Å². The van der Waals surface area contributed by atoms with Crippen LogP contribution in [0.3, 0.4) is 0 Å². The maximum absolute atomic E-state index is 10.5. The summed E-state index contributed by atoms with van der Waals surface area (Å²) in [6, 6.07) is 0.0958. The molecule has 0 unspecified atom stereocenters. The number of hydrogen-bond donors (Lipinski definition) is 2. The van der Waals surface area contributed by atoms with E-state index in [2.05, 4.69) is 19.2 Å². The molecule has 1 heterocycles. The molecule has 0 radical (unpaired) electrons. The lowest BCUT2D eigenvalue weighted by Crippen LogP contribution is -2.37. The summed E-state index contributed by atoms with van der Waals surface area (Å²) in [5, 5.41) is 11.7. The molecule has 1 aliphatic rings. The third-order valence-corrected chi connectivity index (χ3v) is 2.28. The van der Waals surface area contributed by atoms with E-state index in [0.717, 1.165) is 12.8 Å². The minimum atomic E-state index is -0.715. The van der Waals surface area contributed by atoms with Gasteiger partial charge in [0, 0.05) is 6.04 Å². The monoisotopic (exact) mass is 157 g/mol. The summed E-state index contributed by atoms with van der Waals surface area (Å²) in [5.74, 6) is -0.174. The van der Waals surface area contributed by atoms with Crippen LogP contribution < -0.4 is 5.32 Å². The van der Waals surface area contributed by atoms with Crippen molar-refractivity contribution in [1.29, 1.82) is 0 Å². The molecule has 0 aromatic heterocycles. The van der Waals surface area contributed by atoms with E-state index in [4.69, 9.17) is 5.11 Å². The first-order valence-corrected chi connectivity index (χ1v) is 4.10. The minimum absolute atomic E-state index is 0.303. The zero-order valence-corrected chi connectivity index (χ0v) is 7.00. The second-order valence-corrected chi connectivity index (χ2v) is 3.49. The van der Waals surface area contributed by atoms with Crippen molar-refractivity contribution in [2.75, 3.05) is 0 Å². The SMILES string of the molecule is CC(C)[C@@H]1CC[C@@H](C(=O)O)N1. The fourth-order valence-electron chi connectivity index (χ4n) is 1.49. The first-order valence-electron chi connectivity index (χ1n) is 4.10. The summed E-state index contributed by atoms with van der Waals surface area (Å²) in [5.41, 5.74) is 0. The summed E-state index contributed by atoms with van der Waals surface area (Å²) in [7, 11) is 0. The molecule has 1 saturated heterocycles. The van der Waals surface area contributed by atoms with Crippen LogP contribution in [0.2, 0.25) is 0 Å². The van der Waals surface area contributed by atoms with Gasteiger partial charge in [-0.15, -0.1) is 0 Å². The molecule has 0 aliphatic carbocycles. The molecular formula is C8H15NO2. The molecule has 0 aromatic rings. The highest BCUT2D eigenvalue weighted by Crippen LogP contribution is 2.18. The molecule has 0 saturated carbocycles. The van der Waals surface area contributed by atoms with Gasteiger partial charge in [-0.1, -0.05) is 13.8 Å². The van der Waals surface area contributed by atoms with Crippen molar-refractivity contribution in [1.82, 2.24) is 5.32 Å². The average molecular weight is 157 g/mol. The number of rotatable bonds is 2. The van der Waals surface area contributed by atoms with Crippen molar-refractivity contribution < 1.29 is 9.90 Å². The van der Waals surface area contributed by atoms with Crippen molar-refractivity contribution >= 4 is 5.97 Å². The molecule has 3 nitrogen and oxygen atoms in total. The first kappa shape index (κ1) is 8.53. The van der Waals surface area contributed by atoms with Crippen LogP contribution >= 0.6 is 0 Å². The lowest BCUT2D eigenvalue weighted by atomic mass is 10.0. The number of aliphatic carboxylic acids is 1. The summed E-state index contributed by atoms with van der Waals surface area (Å²) < 4.78 is 0. The fourth-order valence-corrected chi connectivity index (χ4v) is 1.49. The molecule has 11 heavy (non-hydrogen) atoms. The minimum Gasteiger partial charge on any atom is -0.480 e. The van der Waals surface area contributed by atoms with Crippen LogP contribution in [0.5, 0.6) is 0 Å². The molecule has 1 rings (SSSR count). The highest BCUT2D eigenvalue weighted by atomic mass is 16.4. The van der Waals surface area contributed by atoms with Gasteiger partial charge >= 0.3 is 5.97 Å². The molecule has 0 amide bonds. The van der Waals surface area contributed by atoms with Gasteiger partial charge in [-0.05, 0) is 18.8 Å². The van der Waals surface area contributed by atoms with E-state index in [1.165, 1.54) is 0 Å². The number of hydrogen-bond acceptors (Lipinski definition) is 2. The molecule has 64 valence electrons. The van der Waals surface area contributed by atoms with E-state index in [1.54, 1.807) is 0 Å². The Balaban J connectivity index is 2.41. The molecule has 0 spiro atoms. The van der Waals surface area contributed by atoms with Crippen LogP contribution in [0.1, 0.15) is 26.7 Å². The molecule has 2 N–H and O–H groups in total. The highest BCUT2D eigenvalue weighted by molar-refractivity contribution is 5.73. The van der Waals surface area contributed by atoms with Gasteiger partial charge in [-0.2, -0.15) is 0 Å². The molecule has 3 heteroatoms. The molecule has 0 bridgehead atoms. The number of nitrogens with one attached hydrogen (secondary N) is 1. The molecule has 2 atom stereocenters. The van der Waals surface area contributed by atoms with Crippen LogP contribution in [-0.2, 0) is 4.79 Å². The van der Waals surface area contributed by atoms with E-state index in [9.17, 15) is 4.79 Å². The van der Waals surface area contributed by atoms with Crippen LogP contribution in [0.4, 0.5) is 0 Å². The second kappa shape index (κ2) is 3.22. The third kappa shape index (κ3) is 1.93. The van der Waals surface area contributed by atoms with E-state index < -0.39 is 5.97 Å².